The third kappa shape index (κ3) is 2.92. The van der Waals surface area contributed by atoms with E-state index in [4.69, 9.17) is 14.2 Å². The molecule has 126 valence electrons. The Morgan fingerprint density at radius 2 is 1.96 bits per heavy atom. The van der Waals surface area contributed by atoms with Crippen LogP contribution in [0.1, 0.15) is 25.8 Å². The van der Waals surface area contributed by atoms with Gasteiger partial charge < -0.3 is 14.2 Å². The fourth-order valence-electron chi connectivity index (χ4n) is 3.34. The molecule has 2 saturated heterocycles. The summed E-state index contributed by atoms with van der Waals surface area (Å²) in [6.07, 6.45) is 0.601. The van der Waals surface area contributed by atoms with Crippen molar-refractivity contribution in [3.8, 4) is 5.75 Å². The van der Waals surface area contributed by atoms with Crippen molar-refractivity contribution < 1.29 is 18.6 Å². The molecule has 3 aliphatic rings. The zero-order valence-electron chi connectivity index (χ0n) is 12.9. The highest BCUT2D eigenvalue weighted by Gasteiger charge is 2.50. The maximum atomic E-state index is 14.0. The summed E-state index contributed by atoms with van der Waals surface area (Å²) < 4.78 is 32.2. The maximum absolute atomic E-state index is 14.0. The molecule has 23 heavy (non-hydrogen) atoms. The van der Waals surface area contributed by atoms with Crippen LogP contribution in [0.25, 0.3) is 0 Å². The van der Waals surface area contributed by atoms with Crippen molar-refractivity contribution in [2.75, 3.05) is 18.1 Å². The lowest BCUT2D eigenvalue weighted by molar-refractivity contribution is -0.150. The average Bonchev–Trinajstić information content (AvgIpc) is 3.08. The van der Waals surface area contributed by atoms with E-state index in [1.807, 2.05) is 43.4 Å². The van der Waals surface area contributed by atoms with Crippen molar-refractivity contribution >= 4 is 39.5 Å². The molecule has 0 saturated carbocycles. The van der Waals surface area contributed by atoms with Gasteiger partial charge >= 0.3 is 0 Å². The summed E-state index contributed by atoms with van der Waals surface area (Å²) in [6.45, 7) is 4.34. The first-order valence-corrected chi connectivity index (χ1v) is 10.4. The molecule has 0 radical (unpaired) electrons. The fraction of sp³-hybridized carbons (Fsp3) is 0.625. The first-order chi connectivity index (χ1) is 10.9. The molecule has 7 heteroatoms. The van der Waals surface area contributed by atoms with Gasteiger partial charge in [-0.15, -0.1) is 23.5 Å². The van der Waals surface area contributed by atoms with Crippen LogP contribution in [0.2, 0.25) is 0 Å². The second-order valence-corrected chi connectivity index (χ2v) is 10.3. The van der Waals surface area contributed by atoms with Gasteiger partial charge in [0.1, 0.15) is 23.8 Å². The van der Waals surface area contributed by atoms with E-state index in [2.05, 4.69) is 15.9 Å². The highest BCUT2D eigenvalue weighted by molar-refractivity contribution is 9.10. The Bertz CT molecular complexity index is 634. The number of hydrogen-bond donors (Lipinski definition) is 0. The van der Waals surface area contributed by atoms with Crippen LogP contribution in [0.15, 0.2) is 16.6 Å². The SMILES string of the molecule is CC1(C)OC[C@@H]([C@H]2CC3(SCCS3)c3cc(Br)c(F)cc3O2)O1. The van der Waals surface area contributed by atoms with Gasteiger partial charge in [0.05, 0.1) is 15.2 Å². The summed E-state index contributed by atoms with van der Waals surface area (Å²) in [4.78, 5) is 0. The minimum Gasteiger partial charge on any atom is -0.487 e. The van der Waals surface area contributed by atoms with Crippen LogP contribution in [0, 0.1) is 5.82 Å². The highest BCUT2D eigenvalue weighted by Crippen LogP contribution is 2.60. The quantitative estimate of drug-likeness (QED) is 0.665. The zero-order chi connectivity index (χ0) is 16.2. The third-order valence-corrected chi connectivity index (χ3v) is 8.48. The second kappa shape index (κ2) is 5.80. The number of rotatable bonds is 1. The fourth-order valence-corrected chi connectivity index (χ4v) is 7.03. The molecule has 1 spiro atoms. The van der Waals surface area contributed by atoms with Gasteiger partial charge in [0.25, 0.3) is 0 Å². The smallest absolute Gasteiger partial charge is 0.163 e. The highest BCUT2D eigenvalue weighted by atomic mass is 79.9. The Hall–Kier alpha value is 0.0500. The van der Waals surface area contributed by atoms with E-state index in [1.54, 1.807) is 0 Å². The number of halogens is 2. The molecule has 1 aromatic carbocycles. The van der Waals surface area contributed by atoms with E-state index in [0.29, 0.717) is 16.8 Å². The van der Waals surface area contributed by atoms with Crippen LogP contribution in [0.5, 0.6) is 5.75 Å². The van der Waals surface area contributed by atoms with Gasteiger partial charge in [-0.25, -0.2) is 4.39 Å². The lowest BCUT2D eigenvalue weighted by Gasteiger charge is -2.40. The molecule has 0 unspecified atom stereocenters. The molecule has 2 atom stereocenters. The van der Waals surface area contributed by atoms with Crippen molar-refractivity contribution in [3.05, 3.63) is 28.0 Å². The minimum absolute atomic E-state index is 0.0788. The largest absolute Gasteiger partial charge is 0.487 e. The van der Waals surface area contributed by atoms with E-state index in [9.17, 15) is 4.39 Å². The Morgan fingerprint density at radius 3 is 2.61 bits per heavy atom. The topological polar surface area (TPSA) is 27.7 Å². The predicted octanol–water partition coefficient (Wildman–Crippen LogP) is 4.52. The van der Waals surface area contributed by atoms with Crippen LogP contribution < -0.4 is 4.74 Å². The van der Waals surface area contributed by atoms with E-state index in [0.717, 1.165) is 23.5 Å². The van der Waals surface area contributed by atoms with Crippen LogP contribution >= 0.6 is 39.5 Å². The van der Waals surface area contributed by atoms with E-state index in [1.165, 1.54) is 6.07 Å². The molecule has 4 rings (SSSR count). The summed E-state index contributed by atoms with van der Waals surface area (Å²) in [5, 5.41) is 0. The van der Waals surface area contributed by atoms with Gasteiger partial charge in [-0.05, 0) is 35.8 Å². The number of thioether (sulfide) groups is 2. The molecule has 3 aliphatic heterocycles. The van der Waals surface area contributed by atoms with Crippen LogP contribution in [0.3, 0.4) is 0 Å². The van der Waals surface area contributed by atoms with Gasteiger partial charge in [0.2, 0.25) is 0 Å². The third-order valence-electron chi connectivity index (χ3n) is 4.38. The average molecular weight is 421 g/mol. The van der Waals surface area contributed by atoms with Crippen LogP contribution in [0.4, 0.5) is 4.39 Å². The molecule has 0 aliphatic carbocycles. The molecule has 0 amide bonds. The van der Waals surface area contributed by atoms with Crippen molar-refractivity contribution in [3.63, 3.8) is 0 Å². The van der Waals surface area contributed by atoms with E-state index < -0.39 is 5.79 Å². The van der Waals surface area contributed by atoms with Gasteiger partial charge in [-0.2, -0.15) is 0 Å². The lowest BCUT2D eigenvalue weighted by Crippen LogP contribution is -2.42. The molecular formula is C16H18BrFO3S2. The second-order valence-electron chi connectivity index (χ2n) is 6.44. The molecule has 0 N–H and O–H groups in total. The van der Waals surface area contributed by atoms with Crippen molar-refractivity contribution in [1.82, 2.24) is 0 Å². The zero-order valence-corrected chi connectivity index (χ0v) is 16.2. The van der Waals surface area contributed by atoms with Gasteiger partial charge in [-0.3, -0.25) is 0 Å². The first-order valence-electron chi connectivity index (χ1n) is 7.64. The lowest BCUT2D eigenvalue weighted by atomic mass is 9.98. The summed E-state index contributed by atoms with van der Waals surface area (Å²) in [5.74, 6) is 1.95. The Labute approximate surface area is 152 Å². The molecular weight excluding hydrogens is 403 g/mol. The number of hydrogen-bond acceptors (Lipinski definition) is 5. The summed E-state index contributed by atoms with van der Waals surface area (Å²) in [7, 11) is 0. The minimum atomic E-state index is -0.581. The van der Waals surface area contributed by atoms with E-state index >= 15 is 0 Å². The predicted molar refractivity (Wildman–Crippen MR) is 94.6 cm³/mol. The molecule has 0 bridgehead atoms. The molecule has 3 nitrogen and oxygen atoms in total. The van der Waals surface area contributed by atoms with Crippen LogP contribution in [-0.2, 0) is 13.6 Å². The van der Waals surface area contributed by atoms with Crippen molar-refractivity contribution in [2.45, 2.75) is 42.3 Å². The molecule has 3 heterocycles. The molecule has 1 aromatic rings. The van der Waals surface area contributed by atoms with Gasteiger partial charge in [0.15, 0.2) is 5.79 Å². The molecule has 0 aromatic heterocycles. The van der Waals surface area contributed by atoms with Crippen LogP contribution in [-0.4, -0.2) is 36.1 Å². The Kier molecular flexibility index (Phi) is 4.16. The monoisotopic (exact) mass is 420 g/mol. The Balaban J connectivity index is 1.70. The van der Waals surface area contributed by atoms with E-state index in [-0.39, 0.29) is 22.1 Å². The first kappa shape index (κ1) is 16.5. The normalized spacial score (nSPS) is 31.1. The van der Waals surface area contributed by atoms with Gasteiger partial charge in [-0.1, -0.05) is 0 Å². The number of ether oxygens (including phenoxy) is 3. The molecule has 2 fully saturated rings. The standard InChI is InChI=1S/C16H18BrFO3S2/c1-15(2)19-8-14(21-15)13-7-16(22-3-4-23-16)9-5-10(17)11(18)6-12(9)20-13/h5-6,13-14H,3-4,7-8H2,1-2H3/t13-,14+/m1/s1. The van der Waals surface area contributed by atoms with Gasteiger partial charge in [0, 0.05) is 29.6 Å². The number of fused-ring (bicyclic) bond motifs is 2. The summed E-state index contributed by atoms with van der Waals surface area (Å²) >= 11 is 7.16. The summed E-state index contributed by atoms with van der Waals surface area (Å²) in [5.41, 5.74) is 1.08. The maximum Gasteiger partial charge on any atom is 0.163 e. The van der Waals surface area contributed by atoms with Crippen molar-refractivity contribution in [1.29, 1.82) is 0 Å². The van der Waals surface area contributed by atoms with Crippen molar-refractivity contribution in [2.24, 2.45) is 0 Å². The summed E-state index contributed by atoms with van der Waals surface area (Å²) in [6, 6.07) is 3.37. The Morgan fingerprint density at radius 1 is 1.22 bits per heavy atom. The number of benzene rings is 1.